The first-order valence-corrected chi connectivity index (χ1v) is 12.8. The summed E-state index contributed by atoms with van der Waals surface area (Å²) in [4.78, 5) is 8.76. The summed E-state index contributed by atoms with van der Waals surface area (Å²) in [6.45, 7) is 0. The number of sulfonamides is 1. The zero-order chi connectivity index (χ0) is 23.5. The van der Waals surface area contributed by atoms with Crippen molar-refractivity contribution in [3.63, 3.8) is 0 Å². The second-order valence-corrected chi connectivity index (χ2v) is 10.2. The maximum Gasteiger partial charge on any atom is 0.236 e. The molecule has 1 aliphatic rings. The van der Waals surface area contributed by atoms with Crippen LogP contribution in [0.5, 0.6) is 0 Å². The number of halogens is 1. The summed E-state index contributed by atoms with van der Waals surface area (Å²) >= 11 is 6.32. The largest absolute Gasteiger partial charge is 0.339 e. The fraction of sp³-hybridized carbons (Fsp3) is 0.120. The zero-order valence-electron chi connectivity index (χ0n) is 18.1. The van der Waals surface area contributed by atoms with Crippen LogP contribution in [0.4, 0.5) is 28.8 Å². The smallest absolute Gasteiger partial charge is 0.236 e. The van der Waals surface area contributed by atoms with E-state index in [0.717, 1.165) is 34.5 Å². The molecule has 5 rings (SSSR count). The number of nitrogens with zero attached hydrogens (tertiary/aromatic N) is 2. The normalized spacial score (nSPS) is 12.9. The molecule has 0 saturated heterocycles. The van der Waals surface area contributed by atoms with Crippen LogP contribution >= 0.6 is 11.6 Å². The Hall–Kier alpha value is -3.62. The molecule has 0 atom stereocenters. The third-order valence-corrected chi connectivity index (χ3v) is 6.96. The van der Waals surface area contributed by atoms with Gasteiger partial charge in [-0.1, -0.05) is 54.1 Å². The molecule has 0 fully saturated rings. The Morgan fingerprint density at radius 1 is 0.912 bits per heavy atom. The monoisotopic (exact) mass is 491 g/mol. The predicted molar refractivity (Wildman–Crippen MR) is 137 cm³/mol. The van der Waals surface area contributed by atoms with E-state index < -0.39 is 10.0 Å². The Labute approximate surface area is 203 Å². The quantitative estimate of drug-likeness (QED) is 0.341. The van der Waals surface area contributed by atoms with Gasteiger partial charge in [-0.15, -0.1) is 0 Å². The van der Waals surface area contributed by atoms with Gasteiger partial charge >= 0.3 is 0 Å². The summed E-state index contributed by atoms with van der Waals surface area (Å²) in [5, 5.41) is 6.82. The van der Waals surface area contributed by atoms with Crippen molar-refractivity contribution < 1.29 is 8.42 Å². The summed E-state index contributed by atoms with van der Waals surface area (Å²) in [7, 11) is -3.59. The molecule has 0 amide bonds. The minimum atomic E-state index is -3.59. The first kappa shape index (κ1) is 22.2. The van der Waals surface area contributed by atoms with Gasteiger partial charge in [0.1, 0.15) is 5.02 Å². The van der Waals surface area contributed by atoms with E-state index in [-0.39, 0.29) is 5.75 Å². The van der Waals surface area contributed by atoms with E-state index >= 15 is 0 Å². The van der Waals surface area contributed by atoms with E-state index in [0.29, 0.717) is 28.9 Å². The van der Waals surface area contributed by atoms with Crippen molar-refractivity contribution in [1.82, 2.24) is 9.97 Å². The average Bonchev–Trinajstić information content (AvgIpc) is 2.81. The molecule has 34 heavy (non-hydrogen) atoms. The number of benzene rings is 3. The lowest BCUT2D eigenvalue weighted by atomic mass is 10.0. The number of hydrogen-bond acceptors (Lipinski definition) is 6. The fourth-order valence-corrected chi connectivity index (χ4v) is 5.22. The molecule has 0 unspecified atom stereocenters. The molecule has 7 nitrogen and oxygen atoms in total. The van der Waals surface area contributed by atoms with Crippen molar-refractivity contribution in [3.8, 4) is 0 Å². The van der Waals surface area contributed by atoms with Crippen LogP contribution in [-0.2, 0) is 28.6 Å². The van der Waals surface area contributed by atoms with Gasteiger partial charge in [-0.2, -0.15) is 4.98 Å². The van der Waals surface area contributed by atoms with Crippen LogP contribution in [0.2, 0.25) is 5.02 Å². The number of fused-ring (bicyclic) bond motifs is 6. The Morgan fingerprint density at radius 2 is 1.74 bits per heavy atom. The van der Waals surface area contributed by atoms with Crippen molar-refractivity contribution >= 4 is 50.5 Å². The van der Waals surface area contributed by atoms with Crippen LogP contribution in [0, 0.1) is 0 Å². The first-order chi connectivity index (χ1) is 16.4. The van der Waals surface area contributed by atoms with Crippen LogP contribution < -0.4 is 15.4 Å². The molecule has 0 saturated carbocycles. The Balaban J connectivity index is 1.50. The van der Waals surface area contributed by atoms with Crippen LogP contribution in [-0.4, -0.2) is 18.4 Å². The number of aryl methyl sites for hydroxylation is 2. The van der Waals surface area contributed by atoms with E-state index in [1.165, 1.54) is 6.20 Å². The van der Waals surface area contributed by atoms with Gasteiger partial charge in [0.15, 0.2) is 5.82 Å². The van der Waals surface area contributed by atoms with Gasteiger partial charge < -0.3 is 10.6 Å². The van der Waals surface area contributed by atoms with Crippen molar-refractivity contribution in [2.75, 3.05) is 15.4 Å². The zero-order valence-corrected chi connectivity index (χ0v) is 19.7. The summed E-state index contributed by atoms with van der Waals surface area (Å²) in [5.74, 6) is 0.784. The lowest BCUT2D eigenvalue weighted by Gasteiger charge is -2.15. The third-order valence-electron chi connectivity index (χ3n) is 5.44. The predicted octanol–water partition coefficient (Wildman–Crippen LogP) is 5.66. The van der Waals surface area contributed by atoms with E-state index in [4.69, 9.17) is 11.6 Å². The van der Waals surface area contributed by atoms with Crippen molar-refractivity contribution in [2.45, 2.75) is 18.6 Å². The summed E-state index contributed by atoms with van der Waals surface area (Å²) < 4.78 is 28.6. The minimum absolute atomic E-state index is 0.0969. The lowest BCUT2D eigenvalue weighted by Crippen LogP contribution is -2.16. The number of anilines is 5. The highest BCUT2D eigenvalue weighted by molar-refractivity contribution is 7.91. The molecular weight excluding hydrogens is 470 g/mol. The van der Waals surface area contributed by atoms with Gasteiger partial charge in [0.25, 0.3) is 0 Å². The van der Waals surface area contributed by atoms with E-state index in [9.17, 15) is 8.42 Å². The molecule has 6 bridgehead atoms. The second kappa shape index (κ2) is 9.32. The molecule has 9 heteroatoms. The van der Waals surface area contributed by atoms with E-state index in [1.807, 2.05) is 48.5 Å². The Bertz CT molecular complexity index is 1450. The van der Waals surface area contributed by atoms with Gasteiger partial charge in [0.05, 0.1) is 17.6 Å². The summed E-state index contributed by atoms with van der Waals surface area (Å²) in [6.07, 6.45) is 2.90. The van der Waals surface area contributed by atoms with Gasteiger partial charge in [-0.3, -0.25) is 4.72 Å². The highest BCUT2D eigenvalue weighted by Gasteiger charge is 2.16. The van der Waals surface area contributed by atoms with Crippen molar-refractivity contribution in [3.05, 3.63) is 101 Å². The minimum Gasteiger partial charge on any atom is -0.339 e. The molecule has 1 aliphatic heterocycles. The number of nitrogens with one attached hydrogen (secondary N) is 3. The molecule has 172 valence electrons. The molecule has 3 N–H and O–H groups in total. The van der Waals surface area contributed by atoms with Crippen LogP contribution in [0.15, 0.2) is 79.0 Å². The average molecular weight is 492 g/mol. The van der Waals surface area contributed by atoms with E-state index in [1.54, 1.807) is 24.3 Å². The first-order valence-electron chi connectivity index (χ1n) is 10.8. The number of rotatable bonds is 4. The highest BCUT2D eigenvalue weighted by Crippen LogP contribution is 2.30. The maximum atomic E-state index is 12.9. The van der Waals surface area contributed by atoms with Crippen LogP contribution in [0.25, 0.3) is 0 Å². The second-order valence-electron chi connectivity index (χ2n) is 8.06. The SMILES string of the molecule is O=S(=O)(Cc1ccccc1)Nc1ccc2cc1CCc1cccc(c1)Nc1ncc(Cl)c(n1)N2. The van der Waals surface area contributed by atoms with Gasteiger partial charge in [-0.25, -0.2) is 13.4 Å². The van der Waals surface area contributed by atoms with E-state index in [2.05, 4.69) is 25.3 Å². The molecule has 2 heterocycles. The maximum absolute atomic E-state index is 12.9. The van der Waals surface area contributed by atoms with Crippen LogP contribution in [0.1, 0.15) is 16.7 Å². The van der Waals surface area contributed by atoms with Gasteiger partial charge in [0, 0.05) is 11.4 Å². The highest BCUT2D eigenvalue weighted by atomic mass is 35.5. The molecule has 0 aliphatic carbocycles. The van der Waals surface area contributed by atoms with Gasteiger partial charge in [0.2, 0.25) is 16.0 Å². The Morgan fingerprint density at radius 3 is 2.59 bits per heavy atom. The number of aromatic nitrogens is 2. The van der Waals surface area contributed by atoms with Crippen molar-refractivity contribution in [1.29, 1.82) is 0 Å². The third kappa shape index (κ3) is 5.30. The fourth-order valence-electron chi connectivity index (χ4n) is 3.84. The molecule has 4 aromatic rings. The Kier molecular flexibility index (Phi) is 6.08. The molecule has 3 aromatic carbocycles. The number of hydrogen-bond donors (Lipinski definition) is 3. The molecule has 0 spiro atoms. The van der Waals surface area contributed by atoms with Crippen LogP contribution in [0.3, 0.4) is 0 Å². The lowest BCUT2D eigenvalue weighted by molar-refractivity contribution is 0.600. The standard InChI is InChI=1S/C25H22ClN5O2S/c26-22-15-27-25-29-20-8-4-7-17(13-20)9-10-19-14-21(28-24(22)30-25)11-12-23(19)31-34(32,33)16-18-5-2-1-3-6-18/h1-8,11-15,31H,9-10,16H2,(H2,27,28,29,30). The molecule has 1 aromatic heterocycles. The summed E-state index contributed by atoms with van der Waals surface area (Å²) in [5.41, 5.74) is 4.87. The summed E-state index contributed by atoms with van der Waals surface area (Å²) in [6, 6.07) is 22.6. The molecular formula is C25H22ClN5O2S. The topological polar surface area (TPSA) is 96.0 Å². The van der Waals surface area contributed by atoms with Crippen molar-refractivity contribution in [2.24, 2.45) is 0 Å². The molecule has 0 radical (unpaired) electrons. The van der Waals surface area contributed by atoms with Gasteiger partial charge in [-0.05, 0) is 59.9 Å².